The van der Waals surface area contributed by atoms with Crippen LogP contribution in [-0.2, 0) is 32.6 Å². The van der Waals surface area contributed by atoms with Crippen molar-refractivity contribution in [3.05, 3.63) is 47.7 Å². The number of likely N-dealkylation sites (N-methyl/N-ethyl adjacent to an activating group) is 1. The van der Waals surface area contributed by atoms with Gasteiger partial charge >= 0.3 is 12.1 Å². The average molecular weight is 585 g/mol. The van der Waals surface area contributed by atoms with Crippen molar-refractivity contribution in [2.24, 2.45) is 18.4 Å². The number of aryl methyl sites for hydroxylation is 1. The highest BCUT2D eigenvalue weighted by Gasteiger charge is 2.39. The number of nitrogens with zero attached hydrogens (tertiary/aromatic N) is 2. The van der Waals surface area contributed by atoms with Crippen molar-refractivity contribution >= 4 is 34.8 Å². The number of ether oxygens (including phenoxy) is 1. The van der Waals surface area contributed by atoms with E-state index in [1.165, 1.54) is 11.8 Å². The first kappa shape index (κ1) is 34.4. The number of aliphatic carboxylic acids is 1. The molecule has 1 aromatic heterocycles. The first-order valence-corrected chi connectivity index (χ1v) is 14.2. The third kappa shape index (κ3) is 9.09. The van der Waals surface area contributed by atoms with Crippen LogP contribution < -0.4 is 10.6 Å². The number of para-hydroxylation sites is 1. The molecule has 232 valence electrons. The van der Waals surface area contributed by atoms with Gasteiger partial charge in [0.05, 0.1) is 6.04 Å². The van der Waals surface area contributed by atoms with E-state index in [0.717, 1.165) is 16.5 Å². The smallest absolute Gasteiger partial charge is 0.408 e. The van der Waals surface area contributed by atoms with Gasteiger partial charge in [-0.3, -0.25) is 9.59 Å². The van der Waals surface area contributed by atoms with Crippen LogP contribution in [0.4, 0.5) is 4.79 Å². The lowest BCUT2D eigenvalue weighted by atomic mass is 9.84. The quantitative estimate of drug-likeness (QED) is 0.349. The van der Waals surface area contributed by atoms with E-state index in [9.17, 15) is 24.3 Å². The van der Waals surface area contributed by atoms with Gasteiger partial charge in [-0.05, 0) is 50.7 Å². The van der Waals surface area contributed by atoms with E-state index in [1.54, 1.807) is 33.9 Å². The lowest BCUT2D eigenvalue weighted by molar-refractivity contribution is -0.140. The highest BCUT2D eigenvalue weighted by Crippen LogP contribution is 2.25. The molecule has 0 aliphatic carbocycles. The summed E-state index contributed by atoms with van der Waals surface area (Å²) >= 11 is 0. The molecule has 3 atom stereocenters. The number of nitrogens with one attached hydrogen (secondary N) is 2. The predicted octanol–water partition coefficient (Wildman–Crippen LogP) is 4.66. The molecule has 10 nitrogen and oxygen atoms in total. The molecule has 2 rings (SSSR count). The van der Waals surface area contributed by atoms with Crippen molar-refractivity contribution in [2.45, 2.75) is 92.5 Å². The summed E-state index contributed by atoms with van der Waals surface area (Å²) in [5.41, 5.74) is 0.489. The molecule has 1 heterocycles. The maximum Gasteiger partial charge on any atom is 0.408 e. The van der Waals surface area contributed by atoms with Crippen molar-refractivity contribution in [1.82, 2.24) is 20.1 Å². The highest BCUT2D eigenvalue weighted by atomic mass is 16.6. The molecule has 0 aliphatic heterocycles. The van der Waals surface area contributed by atoms with Gasteiger partial charge in [0.2, 0.25) is 11.8 Å². The van der Waals surface area contributed by atoms with Crippen LogP contribution in [0.1, 0.15) is 67.9 Å². The van der Waals surface area contributed by atoms with Gasteiger partial charge in [0, 0.05) is 43.2 Å². The van der Waals surface area contributed by atoms with Gasteiger partial charge in [0.15, 0.2) is 0 Å². The summed E-state index contributed by atoms with van der Waals surface area (Å²) in [4.78, 5) is 53.6. The Morgan fingerprint density at radius 1 is 1.05 bits per heavy atom. The van der Waals surface area contributed by atoms with Crippen molar-refractivity contribution < 1.29 is 29.0 Å². The Balaban J connectivity index is 2.45. The Hall–Kier alpha value is -3.82. The Bertz CT molecular complexity index is 1330. The number of carbonyl (C=O) groups excluding carboxylic acids is 3. The molecule has 0 radical (unpaired) electrons. The van der Waals surface area contributed by atoms with Crippen molar-refractivity contribution in [3.8, 4) is 0 Å². The number of amides is 3. The molecule has 42 heavy (non-hydrogen) atoms. The average Bonchev–Trinajstić information content (AvgIpc) is 3.17. The Labute approximate surface area is 249 Å². The maximum atomic E-state index is 13.9. The van der Waals surface area contributed by atoms with Crippen LogP contribution in [0.25, 0.3) is 10.9 Å². The van der Waals surface area contributed by atoms with E-state index in [1.807, 2.05) is 76.7 Å². The number of alkyl carbamates (subject to hydrolysis) is 1. The minimum Gasteiger partial charge on any atom is -0.478 e. The summed E-state index contributed by atoms with van der Waals surface area (Å²) in [5.74, 6) is -2.05. The van der Waals surface area contributed by atoms with Crippen LogP contribution in [0.2, 0.25) is 0 Å². The number of rotatable bonds is 10. The number of fused-ring (bicyclic) bond motifs is 1. The molecule has 10 heteroatoms. The van der Waals surface area contributed by atoms with E-state index in [-0.39, 0.29) is 23.8 Å². The van der Waals surface area contributed by atoms with Crippen LogP contribution >= 0.6 is 0 Å². The summed E-state index contributed by atoms with van der Waals surface area (Å²) in [5, 5.41) is 16.0. The fraction of sp³-hybridized carbons (Fsp3) is 0.562. The van der Waals surface area contributed by atoms with Gasteiger partial charge in [-0.15, -0.1) is 0 Å². The number of carbonyl (C=O) groups is 4. The Kier molecular flexibility index (Phi) is 11.0. The van der Waals surface area contributed by atoms with Crippen molar-refractivity contribution in [1.29, 1.82) is 0 Å². The summed E-state index contributed by atoms with van der Waals surface area (Å²) in [6.07, 6.45) is 2.90. The molecule has 0 saturated heterocycles. The molecule has 0 bridgehead atoms. The first-order valence-electron chi connectivity index (χ1n) is 14.2. The van der Waals surface area contributed by atoms with Gasteiger partial charge in [-0.25, -0.2) is 9.59 Å². The molecule has 0 saturated carbocycles. The van der Waals surface area contributed by atoms with E-state index in [4.69, 9.17) is 4.74 Å². The zero-order valence-electron chi connectivity index (χ0n) is 26.9. The van der Waals surface area contributed by atoms with Crippen molar-refractivity contribution in [3.63, 3.8) is 0 Å². The topological polar surface area (TPSA) is 130 Å². The number of aromatic nitrogens is 1. The Morgan fingerprint density at radius 3 is 2.17 bits per heavy atom. The third-order valence-electron chi connectivity index (χ3n) is 7.05. The summed E-state index contributed by atoms with van der Waals surface area (Å²) in [6.45, 7) is 16.0. The standard InChI is InChI=1S/C32H48N4O6/c1-19(2)25(16-20(3)29(39)40)36(11)28(38)26(31(4,5)6)34-27(37)23(33-30(41)42-32(7,8)9)17-21-18-35(10)24-15-13-12-14-22(21)24/h12-16,18-19,23,25-26H,17H2,1-11H3,(H,33,41)(H,34,37)(H,39,40)/b20-16+/t23-,25+,26+/m0/s1. The summed E-state index contributed by atoms with van der Waals surface area (Å²) in [7, 11) is 3.52. The fourth-order valence-corrected chi connectivity index (χ4v) is 4.79. The number of hydrogen-bond acceptors (Lipinski definition) is 5. The van der Waals surface area contributed by atoms with E-state index >= 15 is 0 Å². The van der Waals surface area contributed by atoms with Gasteiger partial charge in [0.25, 0.3) is 0 Å². The summed E-state index contributed by atoms with van der Waals surface area (Å²) in [6, 6.07) is 5.27. The maximum absolute atomic E-state index is 13.9. The molecule has 0 unspecified atom stereocenters. The van der Waals surface area contributed by atoms with E-state index in [0.29, 0.717) is 0 Å². The number of carboxylic acid groups (broad SMARTS) is 1. The second-order valence-corrected chi connectivity index (χ2v) is 13.3. The molecule has 3 amide bonds. The molecular formula is C32H48N4O6. The van der Waals surface area contributed by atoms with Crippen molar-refractivity contribution in [2.75, 3.05) is 7.05 Å². The lowest BCUT2D eigenvalue weighted by Crippen LogP contribution is -2.60. The number of hydrogen-bond donors (Lipinski definition) is 3. The van der Waals surface area contributed by atoms with E-state index in [2.05, 4.69) is 10.6 Å². The second kappa shape index (κ2) is 13.4. The largest absolute Gasteiger partial charge is 0.478 e. The zero-order chi connectivity index (χ0) is 32.2. The van der Waals surface area contributed by atoms with Crippen LogP contribution in [0, 0.1) is 11.3 Å². The normalized spacial score (nSPS) is 14.7. The summed E-state index contributed by atoms with van der Waals surface area (Å²) < 4.78 is 7.42. The number of carboxylic acids is 1. The predicted molar refractivity (Wildman–Crippen MR) is 164 cm³/mol. The fourth-order valence-electron chi connectivity index (χ4n) is 4.79. The molecule has 0 fully saturated rings. The second-order valence-electron chi connectivity index (χ2n) is 13.3. The molecule has 0 aliphatic rings. The van der Waals surface area contributed by atoms with Gasteiger partial charge in [0.1, 0.15) is 17.7 Å². The highest BCUT2D eigenvalue weighted by molar-refractivity contribution is 5.93. The van der Waals surface area contributed by atoms with Crippen LogP contribution in [0.3, 0.4) is 0 Å². The minimum absolute atomic E-state index is 0.0856. The zero-order valence-corrected chi connectivity index (χ0v) is 26.9. The monoisotopic (exact) mass is 584 g/mol. The van der Waals surface area contributed by atoms with Crippen LogP contribution in [0.5, 0.6) is 0 Å². The molecular weight excluding hydrogens is 536 g/mol. The van der Waals surface area contributed by atoms with Gasteiger partial charge < -0.3 is 29.9 Å². The lowest BCUT2D eigenvalue weighted by Gasteiger charge is -2.38. The Morgan fingerprint density at radius 2 is 1.64 bits per heavy atom. The van der Waals surface area contributed by atoms with E-state index < -0.39 is 47.1 Å². The van der Waals surface area contributed by atoms with Gasteiger partial charge in [-0.2, -0.15) is 0 Å². The first-order chi connectivity index (χ1) is 19.2. The minimum atomic E-state index is -1.06. The van der Waals surface area contributed by atoms with Gasteiger partial charge in [-0.1, -0.05) is 58.9 Å². The molecule has 2 aromatic rings. The van der Waals surface area contributed by atoms with Crippen LogP contribution in [0.15, 0.2) is 42.1 Å². The molecule has 3 N–H and O–H groups in total. The number of benzene rings is 1. The molecule has 0 spiro atoms. The third-order valence-corrected chi connectivity index (χ3v) is 7.05. The van der Waals surface area contributed by atoms with Crippen LogP contribution in [-0.4, -0.2) is 69.2 Å². The SMILES string of the molecule is C/C(=C\[C@H](C(C)C)N(C)C(=O)[C@@H](NC(=O)[C@H](Cc1cn(C)c2ccccc12)NC(=O)OC(C)(C)C)C(C)(C)C)C(=O)O. The molecule has 1 aromatic carbocycles.